The molecule has 0 spiro atoms. The number of methoxy groups -OCH3 is 2. The number of benzene rings is 3. The van der Waals surface area contributed by atoms with Crippen LogP contribution in [0.2, 0.25) is 5.02 Å². The molecule has 0 unspecified atom stereocenters. The summed E-state index contributed by atoms with van der Waals surface area (Å²) in [6.07, 6.45) is 1.82. The van der Waals surface area contributed by atoms with Crippen LogP contribution in [0.3, 0.4) is 0 Å². The predicted molar refractivity (Wildman–Crippen MR) is 125 cm³/mol. The minimum atomic E-state index is -0.823. The molecule has 2 atom stereocenters. The van der Waals surface area contributed by atoms with Crippen LogP contribution in [-0.2, 0) is 4.79 Å². The van der Waals surface area contributed by atoms with Gasteiger partial charge in [0.05, 0.1) is 14.2 Å². The number of hydrogen-bond acceptors (Lipinski definition) is 4. The third kappa shape index (κ3) is 4.99. The molecule has 0 aliphatic carbocycles. The zero-order chi connectivity index (χ0) is 23.4. The van der Waals surface area contributed by atoms with Crippen molar-refractivity contribution >= 4 is 29.6 Å². The maximum atomic E-state index is 12.9. The first-order chi connectivity index (χ1) is 16.0. The second-order valence-electron chi connectivity index (χ2n) is 7.46. The van der Waals surface area contributed by atoms with Gasteiger partial charge in [0.2, 0.25) is 12.3 Å². The molecule has 0 bridgehead atoms. The molecule has 0 saturated carbocycles. The van der Waals surface area contributed by atoms with E-state index in [1.807, 2.05) is 54.7 Å². The summed E-state index contributed by atoms with van der Waals surface area (Å²) < 4.78 is 12.2. The Hall–Kier alpha value is -3.84. The fraction of sp³-hybridized carbons (Fsp3) is 0.160. The predicted octanol–water partition coefficient (Wildman–Crippen LogP) is 3.37. The second kappa shape index (κ2) is 9.75. The first kappa shape index (κ1) is 22.4. The molecule has 4 rings (SSSR count). The second-order valence-corrected chi connectivity index (χ2v) is 7.90. The highest BCUT2D eigenvalue weighted by Gasteiger charge is 2.47. The summed E-state index contributed by atoms with van der Waals surface area (Å²) >= 11 is 5.93. The van der Waals surface area contributed by atoms with Gasteiger partial charge < -0.3 is 14.8 Å². The summed E-state index contributed by atoms with van der Waals surface area (Å²) in [7, 11) is 3.20. The summed E-state index contributed by atoms with van der Waals surface area (Å²) in [5.41, 5.74) is 4.97. The number of rotatable bonds is 6. The minimum absolute atomic E-state index is 0.317. The van der Waals surface area contributed by atoms with Crippen molar-refractivity contribution in [3.8, 4) is 11.5 Å². The monoisotopic (exact) mass is 464 g/mol. The lowest BCUT2D eigenvalue weighted by atomic mass is 9.99. The maximum Gasteiger partial charge on any atom is 0.304 e. The number of ether oxygens (including phenoxy) is 2. The number of carbonyl (C=O) groups is 2. The summed E-state index contributed by atoms with van der Waals surface area (Å²) in [6.45, 7) is 0. The van der Waals surface area contributed by atoms with Gasteiger partial charge in [-0.2, -0.15) is 0 Å². The summed E-state index contributed by atoms with van der Waals surface area (Å²) in [4.78, 5) is 25.8. The van der Waals surface area contributed by atoms with Gasteiger partial charge in [0, 0.05) is 21.7 Å². The number of hydrazone groups is 1. The molecule has 3 aromatic rings. The lowest BCUT2D eigenvalue weighted by Gasteiger charge is -2.15. The fourth-order valence-corrected chi connectivity index (χ4v) is 3.78. The van der Waals surface area contributed by atoms with Crippen LogP contribution < -0.4 is 20.2 Å². The molecule has 1 fully saturated rings. The SMILES string of the molecule is COc1ccc(/C=[N+]2\NC(=O)[C@H](NC(=O)c3ccc(Cl)cc3)[C@@H]2c2ccc(OC)cc2)cc1. The average Bonchev–Trinajstić information content (AvgIpc) is 3.14. The van der Waals surface area contributed by atoms with Crippen molar-refractivity contribution in [2.45, 2.75) is 12.1 Å². The Morgan fingerprint density at radius 3 is 2.09 bits per heavy atom. The first-order valence-electron chi connectivity index (χ1n) is 10.3. The lowest BCUT2D eigenvalue weighted by Crippen LogP contribution is -2.42. The van der Waals surface area contributed by atoms with Crippen LogP contribution in [0, 0.1) is 0 Å². The standard InChI is InChI=1S/C25H22ClN3O4/c1-32-20-11-3-16(4-12-20)15-29-23(17-7-13-21(33-2)14-8-17)22(25(31)28-29)27-24(30)18-5-9-19(26)10-6-18/h3-15,22-23H,1-2H3,(H-,27,28,30,31)/p+1/b29-15-/t22-,23+/m1/s1. The molecule has 1 aliphatic heterocycles. The van der Waals surface area contributed by atoms with Crippen molar-refractivity contribution < 1.29 is 23.7 Å². The first-order valence-corrected chi connectivity index (χ1v) is 10.6. The third-order valence-corrected chi connectivity index (χ3v) is 5.64. The van der Waals surface area contributed by atoms with Gasteiger partial charge in [-0.05, 0) is 72.8 Å². The minimum Gasteiger partial charge on any atom is -0.497 e. The lowest BCUT2D eigenvalue weighted by molar-refractivity contribution is -0.596. The number of amides is 2. The van der Waals surface area contributed by atoms with E-state index in [2.05, 4.69) is 10.7 Å². The Labute approximate surface area is 196 Å². The highest BCUT2D eigenvalue weighted by molar-refractivity contribution is 6.30. The molecule has 1 aliphatic rings. The summed E-state index contributed by atoms with van der Waals surface area (Å²) in [5, 5.41) is 3.40. The molecular formula is C25H23ClN3O4+. The van der Waals surface area contributed by atoms with E-state index in [9.17, 15) is 9.59 Å². The van der Waals surface area contributed by atoms with Crippen LogP contribution in [0.25, 0.3) is 0 Å². The summed E-state index contributed by atoms with van der Waals surface area (Å²) in [6, 6.07) is 20.0. The number of nitrogens with one attached hydrogen (secondary N) is 2. The average molecular weight is 465 g/mol. The van der Waals surface area contributed by atoms with Crippen molar-refractivity contribution in [3.05, 3.63) is 94.5 Å². The third-order valence-electron chi connectivity index (χ3n) is 5.39. The van der Waals surface area contributed by atoms with Gasteiger partial charge in [0.1, 0.15) is 11.5 Å². The van der Waals surface area contributed by atoms with E-state index in [4.69, 9.17) is 21.1 Å². The van der Waals surface area contributed by atoms with Gasteiger partial charge in [-0.15, -0.1) is 10.1 Å². The Morgan fingerprint density at radius 1 is 0.939 bits per heavy atom. The smallest absolute Gasteiger partial charge is 0.304 e. The Bertz CT molecular complexity index is 1180. The van der Waals surface area contributed by atoms with E-state index in [0.29, 0.717) is 16.3 Å². The topological polar surface area (TPSA) is 79.7 Å². The molecule has 3 aromatic carbocycles. The number of nitrogens with zero attached hydrogens (tertiary/aromatic N) is 1. The molecule has 1 heterocycles. The number of carbonyl (C=O) groups excluding carboxylic acids is 2. The van der Waals surface area contributed by atoms with Crippen molar-refractivity contribution in [3.63, 3.8) is 0 Å². The van der Waals surface area contributed by atoms with Crippen LogP contribution in [0.4, 0.5) is 0 Å². The van der Waals surface area contributed by atoms with Gasteiger partial charge in [0.25, 0.3) is 5.91 Å². The van der Waals surface area contributed by atoms with Crippen LogP contribution in [0.15, 0.2) is 72.8 Å². The van der Waals surface area contributed by atoms with Gasteiger partial charge in [0.15, 0.2) is 6.04 Å². The van der Waals surface area contributed by atoms with Crippen molar-refractivity contribution in [2.75, 3.05) is 14.2 Å². The molecule has 7 nitrogen and oxygen atoms in total. The Balaban J connectivity index is 1.68. The number of hydrazine groups is 1. The number of halogens is 1. The normalized spacial score (nSPS) is 18.6. The van der Waals surface area contributed by atoms with Crippen molar-refractivity contribution in [2.24, 2.45) is 0 Å². The van der Waals surface area contributed by atoms with Gasteiger partial charge in [-0.1, -0.05) is 11.6 Å². The van der Waals surface area contributed by atoms with E-state index in [0.717, 1.165) is 16.9 Å². The van der Waals surface area contributed by atoms with E-state index >= 15 is 0 Å². The Kier molecular flexibility index (Phi) is 6.60. The van der Waals surface area contributed by atoms with Crippen LogP contribution in [-0.4, -0.2) is 43.0 Å². The largest absolute Gasteiger partial charge is 0.497 e. The molecule has 0 radical (unpaired) electrons. The van der Waals surface area contributed by atoms with Gasteiger partial charge >= 0.3 is 5.91 Å². The maximum absolute atomic E-state index is 12.9. The highest BCUT2D eigenvalue weighted by Crippen LogP contribution is 2.27. The van der Waals surface area contributed by atoms with Crippen LogP contribution in [0.1, 0.15) is 27.5 Å². The van der Waals surface area contributed by atoms with Crippen LogP contribution in [0.5, 0.6) is 11.5 Å². The molecule has 8 heteroatoms. The van der Waals surface area contributed by atoms with Gasteiger partial charge in [-0.3, -0.25) is 9.59 Å². The molecule has 0 aromatic heterocycles. The molecule has 33 heavy (non-hydrogen) atoms. The molecular weight excluding hydrogens is 442 g/mol. The zero-order valence-electron chi connectivity index (χ0n) is 18.1. The Morgan fingerprint density at radius 2 is 1.52 bits per heavy atom. The molecule has 1 saturated heterocycles. The summed E-state index contributed by atoms with van der Waals surface area (Å²) in [5.74, 6) is 0.750. The van der Waals surface area contributed by atoms with Crippen molar-refractivity contribution in [1.29, 1.82) is 0 Å². The fourth-order valence-electron chi connectivity index (χ4n) is 3.66. The molecule has 2 N–H and O–H groups in total. The van der Waals surface area contributed by atoms with E-state index in [1.165, 1.54) is 0 Å². The quantitative estimate of drug-likeness (QED) is 0.548. The van der Waals surface area contributed by atoms with E-state index < -0.39 is 12.1 Å². The van der Waals surface area contributed by atoms with E-state index in [1.54, 1.807) is 43.2 Å². The zero-order valence-corrected chi connectivity index (χ0v) is 18.9. The number of hydrogen-bond donors (Lipinski definition) is 2. The van der Waals surface area contributed by atoms with Crippen LogP contribution >= 0.6 is 11.6 Å². The highest BCUT2D eigenvalue weighted by atomic mass is 35.5. The van der Waals surface area contributed by atoms with Gasteiger partial charge in [-0.25, -0.2) is 0 Å². The molecule has 2 amide bonds. The van der Waals surface area contributed by atoms with E-state index in [-0.39, 0.29) is 11.8 Å². The van der Waals surface area contributed by atoms with Crippen molar-refractivity contribution in [1.82, 2.24) is 10.7 Å². The molecule has 168 valence electrons.